The Morgan fingerprint density at radius 1 is 1.12 bits per heavy atom. The van der Waals surface area contributed by atoms with Crippen molar-refractivity contribution in [2.75, 3.05) is 19.8 Å². The maximum absolute atomic E-state index is 5.70. The standard InChI is InChI=1S/C23H34N2O/c1-2-6-16(7-3-1)19-8-4-5-9-20(19)18-12-21-22(17-10-11-26-15-17)14-25-23(21)24-13-18/h5-6,9,13,17-23,25H,1-4,7-8,10-12,14-15H2. The molecular weight excluding hydrogens is 320 g/mol. The van der Waals surface area contributed by atoms with Crippen molar-refractivity contribution in [1.29, 1.82) is 0 Å². The number of nitrogens with one attached hydrogen (secondary N) is 1. The van der Waals surface area contributed by atoms with Crippen molar-refractivity contribution in [1.82, 2.24) is 5.32 Å². The van der Waals surface area contributed by atoms with E-state index in [-0.39, 0.29) is 0 Å². The van der Waals surface area contributed by atoms with Gasteiger partial charge in [-0.05, 0) is 81.0 Å². The molecule has 5 rings (SSSR count). The van der Waals surface area contributed by atoms with Crippen molar-refractivity contribution in [3.63, 3.8) is 0 Å². The van der Waals surface area contributed by atoms with Crippen LogP contribution in [-0.2, 0) is 4.74 Å². The van der Waals surface area contributed by atoms with Gasteiger partial charge in [-0.3, -0.25) is 10.3 Å². The number of ether oxygens (including phenoxy) is 1. The normalized spacial score (nSPS) is 45.5. The Balaban J connectivity index is 1.34. The van der Waals surface area contributed by atoms with Crippen LogP contribution in [0.3, 0.4) is 0 Å². The lowest BCUT2D eigenvalue weighted by Crippen LogP contribution is -2.37. The summed E-state index contributed by atoms with van der Waals surface area (Å²) in [5, 5.41) is 3.70. The number of hydrogen-bond donors (Lipinski definition) is 1. The van der Waals surface area contributed by atoms with E-state index in [2.05, 4.69) is 29.8 Å². The molecule has 2 saturated heterocycles. The number of rotatable bonds is 3. The van der Waals surface area contributed by atoms with Crippen molar-refractivity contribution in [3.8, 4) is 0 Å². The van der Waals surface area contributed by atoms with E-state index in [0.717, 1.165) is 37.5 Å². The first-order valence-electron chi connectivity index (χ1n) is 11.1. The zero-order chi connectivity index (χ0) is 17.3. The van der Waals surface area contributed by atoms with Gasteiger partial charge in [-0.15, -0.1) is 0 Å². The van der Waals surface area contributed by atoms with E-state index in [4.69, 9.17) is 9.73 Å². The average Bonchev–Trinajstić information content (AvgIpc) is 3.37. The summed E-state index contributed by atoms with van der Waals surface area (Å²) in [6, 6.07) is 0. The minimum Gasteiger partial charge on any atom is -0.381 e. The summed E-state index contributed by atoms with van der Waals surface area (Å²) < 4.78 is 5.70. The molecule has 3 aliphatic heterocycles. The quantitative estimate of drug-likeness (QED) is 0.764. The summed E-state index contributed by atoms with van der Waals surface area (Å²) in [6.45, 7) is 3.08. The van der Waals surface area contributed by atoms with E-state index in [1.807, 2.05) is 0 Å². The first kappa shape index (κ1) is 17.2. The Labute approximate surface area is 158 Å². The van der Waals surface area contributed by atoms with E-state index in [1.54, 1.807) is 5.57 Å². The van der Waals surface area contributed by atoms with E-state index in [0.29, 0.717) is 23.9 Å². The van der Waals surface area contributed by atoms with Crippen LogP contribution in [-0.4, -0.2) is 32.1 Å². The molecule has 1 N–H and O–H groups in total. The van der Waals surface area contributed by atoms with Gasteiger partial charge >= 0.3 is 0 Å². The molecule has 0 bridgehead atoms. The summed E-state index contributed by atoms with van der Waals surface area (Å²) in [7, 11) is 0. The Hall–Kier alpha value is -0.930. The maximum atomic E-state index is 5.70. The van der Waals surface area contributed by atoms with Gasteiger partial charge in [0.2, 0.25) is 0 Å². The highest BCUT2D eigenvalue weighted by atomic mass is 16.5. The number of hydrogen-bond acceptors (Lipinski definition) is 3. The summed E-state index contributed by atoms with van der Waals surface area (Å²) >= 11 is 0. The van der Waals surface area contributed by atoms with Crippen LogP contribution < -0.4 is 5.32 Å². The van der Waals surface area contributed by atoms with Crippen LogP contribution in [0.5, 0.6) is 0 Å². The van der Waals surface area contributed by atoms with Crippen LogP contribution in [0.4, 0.5) is 0 Å². The van der Waals surface area contributed by atoms with Crippen LogP contribution in [0, 0.1) is 35.5 Å². The third kappa shape index (κ3) is 3.22. The number of nitrogens with zero attached hydrogens (tertiary/aromatic N) is 1. The predicted octanol–water partition coefficient (Wildman–Crippen LogP) is 4.36. The molecule has 0 aromatic carbocycles. The molecule has 0 aromatic rings. The Kier molecular flexibility index (Phi) is 5.02. The molecule has 3 heterocycles. The molecule has 7 atom stereocenters. The second-order valence-corrected chi connectivity index (χ2v) is 9.22. The second-order valence-electron chi connectivity index (χ2n) is 9.22. The highest BCUT2D eigenvalue weighted by molar-refractivity contribution is 5.63. The van der Waals surface area contributed by atoms with Gasteiger partial charge in [-0.25, -0.2) is 0 Å². The van der Waals surface area contributed by atoms with Crippen LogP contribution in [0.15, 0.2) is 28.8 Å². The number of fused-ring (bicyclic) bond motifs is 1. The molecule has 0 aromatic heterocycles. The molecular formula is C23H34N2O. The first-order valence-corrected chi connectivity index (χ1v) is 11.1. The molecule has 2 fully saturated rings. The van der Waals surface area contributed by atoms with Crippen molar-refractivity contribution in [2.45, 2.75) is 57.5 Å². The summed E-state index contributed by atoms with van der Waals surface area (Å²) in [5.41, 5.74) is 1.77. The molecule has 26 heavy (non-hydrogen) atoms. The van der Waals surface area contributed by atoms with Crippen molar-refractivity contribution in [3.05, 3.63) is 23.8 Å². The summed E-state index contributed by atoms with van der Waals surface area (Å²) in [6.07, 6.45) is 20.9. The van der Waals surface area contributed by atoms with Gasteiger partial charge in [0.05, 0.1) is 0 Å². The van der Waals surface area contributed by atoms with Crippen LogP contribution in [0.2, 0.25) is 0 Å². The topological polar surface area (TPSA) is 33.6 Å². The summed E-state index contributed by atoms with van der Waals surface area (Å²) in [5.74, 6) is 4.32. The fourth-order valence-electron chi connectivity index (χ4n) is 6.43. The smallest absolute Gasteiger partial charge is 0.102 e. The van der Waals surface area contributed by atoms with Gasteiger partial charge < -0.3 is 4.74 Å². The molecule has 0 spiro atoms. The van der Waals surface area contributed by atoms with E-state index in [1.165, 1.54) is 51.4 Å². The van der Waals surface area contributed by atoms with Crippen LogP contribution in [0.1, 0.15) is 51.4 Å². The van der Waals surface area contributed by atoms with Gasteiger partial charge in [-0.1, -0.05) is 23.8 Å². The third-order valence-corrected chi connectivity index (χ3v) is 7.84. The Morgan fingerprint density at radius 3 is 2.96 bits per heavy atom. The van der Waals surface area contributed by atoms with Crippen LogP contribution >= 0.6 is 0 Å². The molecule has 142 valence electrons. The molecule has 3 nitrogen and oxygen atoms in total. The molecule has 2 aliphatic carbocycles. The largest absolute Gasteiger partial charge is 0.381 e. The molecule has 5 aliphatic rings. The fraction of sp³-hybridized carbons (Fsp3) is 0.783. The van der Waals surface area contributed by atoms with Crippen molar-refractivity contribution in [2.24, 2.45) is 40.5 Å². The zero-order valence-corrected chi connectivity index (χ0v) is 16.0. The van der Waals surface area contributed by atoms with Crippen LogP contribution in [0.25, 0.3) is 0 Å². The minimum absolute atomic E-state index is 0.372. The van der Waals surface area contributed by atoms with E-state index in [9.17, 15) is 0 Å². The van der Waals surface area contributed by atoms with Gasteiger partial charge in [-0.2, -0.15) is 0 Å². The van der Waals surface area contributed by atoms with Crippen molar-refractivity contribution >= 4 is 6.21 Å². The second kappa shape index (κ2) is 7.59. The highest BCUT2D eigenvalue weighted by Crippen LogP contribution is 2.45. The summed E-state index contributed by atoms with van der Waals surface area (Å²) in [4.78, 5) is 5.02. The Morgan fingerprint density at radius 2 is 2.12 bits per heavy atom. The fourth-order valence-corrected chi connectivity index (χ4v) is 6.43. The first-order chi connectivity index (χ1) is 12.9. The number of aliphatic imine (C=N–C) groups is 1. The minimum atomic E-state index is 0.372. The lowest BCUT2D eigenvalue weighted by molar-refractivity contribution is 0.152. The Bertz CT molecular complexity index is 589. The van der Waals surface area contributed by atoms with Gasteiger partial charge in [0.1, 0.15) is 6.17 Å². The molecule has 0 amide bonds. The van der Waals surface area contributed by atoms with Gasteiger partial charge in [0.15, 0.2) is 0 Å². The average molecular weight is 355 g/mol. The molecule has 7 unspecified atom stereocenters. The predicted molar refractivity (Wildman–Crippen MR) is 106 cm³/mol. The van der Waals surface area contributed by atoms with Gasteiger partial charge in [0.25, 0.3) is 0 Å². The zero-order valence-electron chi connectivity index (χ0n) is 16.0. The molecule has 0 radical (unpaired) electrons. The lowest BCUT2D eigenvalue weighted by Gasteiger charge is -2.39. The monoisotopic (exact) mass is 354 g/mol. The lowest BCUT2D eigenvalue weighted by atomic mass is 9.66. The van der Waals surface area contributed by atoms with E-state index < -0.39 is 0 Å². The van der Waals surface area contributed by atoms with Crippen molar-refractivity contribution < 1.29 is 4.74 Å². The molecule has 3 heteroatoms. The third-order valence-electron chi connectivity index (χ3n) is 7.84. The maximum Gasteiger partial charge on any atom is 0.102 e. The number of allylic oxidation sites excluding steroid dienone is 4. The highest BCUT2D eigenvalue weighted by Gasteiger charge is 2.45. The van der Waals surface area contributed by atoms with E-state index >= 15 is 0 Å². The SMILES string of the molecule is C1=CC(C2C=NC3NCC(C4CCOC4)C3C2)C(C2=CCCCC2)CC1. The van der Waals surface area contributed by atoms with Gasteiger partial charge in [0, 0.05) is 31.9 Å². The molecule has 0 saturated carbocycles.